The van der Waals surface area contributed by atoms with E-state index in [2.05, 4.69) is 43.0 Å². The summed E-state index contributed by atoms with van der Waals surface area (Å²) in [6.45, 7) is 2.55. The minimum absolute atomic E-state index is 0.329. The van der Waals surface area contributed by atoms with E-state index in [1.807, 2.05) is 48.5 Å². The predicted octanol–water partition coefficient (Wildman–Crippen LogP) is 4.87. The van der Waals surface area contributed by atoms with E-state index in [1.165, 1.54) is 11.1 Å². The highest BCUT2D eigenvalue weighted by Gasteiger charge is 2.19. The smallest absolute Gasteiger partial charge is 0.250 e. The van der Waals surface area contributed by atoms with E-state index in [-0.39, 0.29) is 0 Å². The average molecular weight is 530 g/mol. The number of carbonyl (C=O) groups excluding carboxylic acids is 1. The van der Waals surface area contributed by atoms with Gasteiger partial charge in [-0.2, -0.15) is 0 Å². The highest BCUT2D eigenvalue weighted by atomic mass is 16.5. The van der Waals surface area contributed by atoms with Crippen molar-refractivity contribution < 1.29 is 9.53 Å². The van der Waals surface area contributed by atoms with Crippen LogP contribution in [-0.2, 0) is 25.9 Å². The van der Waals surface area contributed by atoms with Crippen molar-refractivity contribution in [3.8, 4) is 11.6 Å². The second-order valence-corrected chi connectivity index (χ2v) is 10.1. The number of carbonyl (C=O) groups is 1. The summed E-state index contributed by atoms with van der Waals surface area (Å²) in [5.41, 5.74) is 12.9. The van der Waals surface area contributed by atoms with Gasteiger partial charge in [-0.1, -0.05) is 30.3 Å². The Labute approximate surface area is 230 Å². The number of rotatable bonds is 7. The number of nitrogens with zero attached hydrogens (tertiary/aromatic N) is 4. The van der Waals surface area contributed by atoms with Gasteiger partial charge >= 0.3 is 0 Å². The Kier molecular flexibility index (Phi) is 5.98. The molecule has 0 unspecified atom stereocenters. The monoisotopic (exact) mass is 529 g/mol. The van der Waals surface area contributed by atoms with Gasteiger partial charge in [0.2, 0.25) is 5.88 Å². The molecule has 7 rings (SSSR count). The third-order valence-corrected chi connectivity index (χ3v) is 7.29. The molecule has 4 N–H and O–H groups in total. The van der Waals surface area contributed by atoms with Crippen LogP contribution in [0, 0.1) is 0 Å². The molecule has 0 aliphatic carbocycles. The number of fused-ring (bicyclic) bond motifs is 3. The number of hydrogen-bond donors (Lipinski definition) is 3. The molecule has 3 aromatic heterocycles. The number of ether oxygens (including phenoxy) is 1. The van der Waals surface area contributed by atoms with Gasteiger partial charge in [-0.3, -0.25) is 9.69 Å². The van der Waals surface area contributed by atoms with Crippen LogP contribution in [0.2, 0.25) is 0 Å². The molecule has 40 heavy (non-hydrogen) atoms. The molecule has 0 atom stereocenters. The van der Waals surface area contributed by atoms with Gasteiger partial charge in [0.25, 0.3) is 5.91 Å². The third kappa shape index (κ3) is 4.78. The van der Waals surface area contributed by atoms with Crippen LogP contribution >= 0.6 is 0 Å². The van der Waals surface area contributed by atoms with Crippen LogP contribution in [0.3, 0.4) is 0 Å². The van der Waals surface area contributed by atoms with Crippen LogP contribution in [0.25, 0.3) is 22.1 Å². The van der Waals surface area contributed by atoms with Crippen molar-refractivity contribution in [1.29, 1.82) is 0 Å². The number of aromatic amines is 2. The Morgan fingerprint density at radius 2 is 1.57 bits per heavy atom. The molecule has 1 aliphatic heterocycles. The molecular formula is C31H27N7O2. The summed E-state index contributed by atoms with van der Waals surface area (Å²) in [6.07, 6.45) is 1.24. The minimum Gasteiger partial charge on any atom is -0.439 e. The number of H-pyrrole nitrogens is 2. The standard InChI is InChI=1S/C31H27N7O2/c32-31(39)22-11-12-30(37-27(22)16-28-33-23-5-1-2-6-24(23)34-28)40-21-10-9-20-17-38(14-13-19(20)15-21)18-29-35-25-7-3-4-8-26(25)36-29/h1-12,15H,13-14,16-18H2,(H2,32,39)(H,33,34)(H,35,36). The lowest BCUT2D eigenvalue weighted by Crippen LogP contribution is -2.30. The average Bonchev–Trinajstić information content (AvgIpc) is 3.56. The molecule has 6 aromatic rings. The number of aromatic nitrogens is 5. The van der Waals surface area contributed by atoms with Gasteiger partial charge in [0.15, 0.2) is 0 Å². The summed E-state index contributed by atoms with van der Waals surface area (Å²) in [5.74, 6) is 2.26. The number of benzene rings is 3. The van der Waals surface area contributed by atoms with Gasteiger partial charge in [0, 0.05) is 25.6 Å². The van der Waals surface area contributed by atoms with Gasteiger partial charge in [-0.25, -0.2) is 15.0 Å². The maximum absolute atomic E-state index is 12.1. The molecular weight excluding hydrogens is 502 g/mol. The number of nitrogens with two attached hydrogens (primary N) is 1. The molecule has 198 valence electrons. The Morgan fingerprint density at radius 1 is 0.850 bits per heavy atom. The quantitative estimate of drug-likeness (QED) is 0.271. The molecule has 9 nitrogen and oxygen atoms in total. The van der Waals surface area contributed by atoms with E-state index >= 15 is 0 Å². The maximum atomic E-state index is 12.1. The molecule has 1 amide bonds. The number of hydrogen-bond acceptors (Lipinski definition) is 6. The second kappa shape index (κ2) is 9.94. The lowest BCUT2D eigenvalue weighted by molar-refractivity contribution is 0.0999. The van der Waals surface area contributed by atoms with Gasteiger partial charge in [-0.15, -0.1) is 0 Å². The van der Waals surface area contributed by atoms with E-state index < -0.39 is 5.91 Å². The van der Waals surface area contributed by atoms with Crippen LogP contribution in [0.1, 0.15) is 38.8 Å². The first-order chi connectivity index (χ1) is 19.6. The zero-order valence-corrected chi connectivity index (χ0v) is 21.7. The van der Waals surface area contributed by atoms with Crippen LogP contribution in [0.4, 0.5) is 0 Å². The summed E-state index contributed by atoms with van der Waals surface area (Å²) in [5, 5.41) is 0. The molecule has 0 radical (unpaired) electrons. The topological polar surface area (TPSA) is 126 Å². The Balaban J connectivity index is 1.07. The summed E-state index contributed by atoms with van der Waals surface area (Å²) in [6, 6.07) is 25.4. The Morgan fingerprint density at radius 3 is 2.33 bits per heavy atom. The fraction of sp³-hybridized carbons (Fsp3) is 0.161. The minimum atomic E-state index is -0.536. The number of pyridine rings is 1. The first kappa shape index (κ1) is 24.1. The summed E-state index contributed by atoms with van der Waals surface area (Å²) in [7, 11) is 0. The molecule has 0 saturated heterocycles. The van der Waals surface area contributed by atoms with Crippen LogP contribution in [0.15, 0.2) is 78.9 Å². The van der Waals surface area contributed by atoms with Crippen molar-refractivity contribution in [2.45, 2.75) is 25.9 Å². The van der Waals surface area contributed by atoms with Crippen LogP contribution in [0.5, 0.6) is 11.6 Å². The Hall–Kier alpha value is -5.02. The zero-order chi connectivity index (χ0) is 27.1. The van der Waals surface area contributed by atoms with E-state index in [9.17, 15) is 4.79 Å². The summed E-state index contributed by atoms with van der Waals surface area (Å²) in [4.78, 5) is 35.2. The maximum Gasteiger partial charge on any atom is 0.250 e. The molecule has 4 heterocycles. The van der Waals surface area contributed by atoms with Crippen LogP contribution in [-0.4, -0.2) is 42.3 Å². The SMILES string of the molecule is NC(=O)c1ccc(Oc2ccc3c(c2)CCN(Cc2nc4ccccc4[nH]2)C3)nc1Cc1nc2ccccc2[nH]1. The summed E-state index contributed by atoms with van der Waals surface area (Å²) >= 11 is 0. The molecule has 0 fully saturated rings. The normalized spacial score (nSPS) is 13.5. The number of amides is 1. The van der Waals surface area contributed by atoms with Gasteiger partial charge in [0.05, 0.1) is 39.9 Å². The van der Waals surface area contributed by atoms with E-state index in [0.717, 1.165) is 53.9 Å². The summed E-state index contributed by atoms with van der Waals surface area (Å²) < 4.78 is 6.15. The fourth-order valence-electron chi connectivity index (χ4n) is 5.34. The number of primary amides is 1. The van der Waals surface area contributed by atoms with Gasteiger partial charge in [0.1, 0.15) is 17.4 Å². The first-order valence-electron chi connectivity index (χ1n) is 13.3. The zero-order valence-electron chi connectivity index (χ0n) is 21.7. The lowest BCUT2D eigenvalue weighted by Gasteiger charge is -2.28. The molecule has 3 aromatic carbocycles. The van der Waals surface area contributed by atoms with Crippen molar-refractivity contribution in [2.24, 2.45) is 5.73 Å². The fourth-order valence-corrected chi connectivity index (χ4v) is 5.34. The highest BCUT2D eigenvalue weighted by Crippen LogP contribution is 2.28. The number of nitrogens with one attached hydrogen (secondary N) is 2. The van der Waals surface area contributed by atoms with Crippen molar-refractivity contribution in [1.82, 2.24) is 29.8 Å². The van der Waals surface area contributed by atoms with Crippen molar-refractivity contribution in [2.75, 3.05) is 6.54 Å². The molecule has 0 bridgehead atoms. The van der Waals surface area contributed by atoms with E-state index in [0.29, 0.717) is 35.1 Å². The van der Waals surface area contributed by atoms with Crippen molar-refractivity contribution >= 4 is 28.0 Å². The van der Waals surface area contributed by atoms with Crippen molar-refractivity contribution in [3.63, 3.8) is 0 Å². The lowest BCUT2D eigenvalue weighted by atomic mass is 9.99. The largest absolute Gasteiger partial charge is 0.439 e. The van der Waals surface area contributed by atoms with E-state index in [1.54, 1.807) is 12.1 Å². The Bertz CT molecular complexity index is 1810. The van der Waals surface area contributed by atoms with Crippen molar-refractivity contribution in [3.05, 3.63) is 113 Å². The molecule has 0 spiro atoms. The predicted molar refractivity (Wildman–Crippen MR) is 152 cm³/mol. The van der Waals surface area contributed by atoms with E-state index in [4.69, 9.17) is 15.5 Å². The second-order valence-electron chi connectivity index (χ2n) is 10.1. The van der Waals surface area contributed by atoms with Gasteiger partial charge < -0.3 is 20.4 Å². The highest BCUT2D eigenvalue weighted by molar-refractivity contribution is 5.94. The van der Waals surface area contributed by atoms with Gasteiger partial charge in [-0.05, 0) is 60.0 Å². The molecule has 1 aliphatic rings. The molecule has 9 heteroatoms. The molecule has 0 saturated carbocycles. The number of para-hydroxylation sites is 4. The van der Waals surface area contributed by atoms with Crippen LogP contribution < -0.4 is 10.5 Å². The third-order valence-electron chi connectivity index (χ3n) is 7.29. The first-order valence-corrected chi connectivity index (χ1v) is 13.3. The number of imidazole rings is 2.